The van der Waals surface area contributed by atoms with Crippen LogP contribution >= 0.6 is 0 Å². The van der Waals surface area contributed by atoms with Crippen LogP contribution in [0.1, 0.15) is 25.7 Å². The number of hydrogen-bond donors (Lipinski definition) is 1. The number of sulfone groups is 1. The first-order chi connectivity index (χ1) is 9.66. The van der Waals surface area contributed by atoms with Crippen LogP contribution in [0, 0.1) is 5.92 Å². The fourth-order valence-corrected chi connectivity index (χ4v) is 3.23. The highest BCUT2D eigenvalue weighted by Crippen LogP contribution is 2.38. The summed E-state index contributed by atoms with van der Waals surface area (Å²) < 4.78 is 60.4. The molecule has 0 saturated heterocycles. The Hall–Kier alpha value is -1.24. The summed E-state index contributed by atoms with van der Waals surface area (Å²) in [4.78, 5) is 0.230. The molecule has 0 atom stereocenters. The molecule has 1 saturated carbocycles. The quantitative estimate of drug-likeness (QED) is 0.925. The highest BCUT2D eigenvalue weighted by Gasteiger charge is 2.41. The third-order valence-corrected chi connectivity index (χ3v) is 4.97. The smallest absolute Gasteiger partial charge is 0.382 e. The first kappa shape index (κ1) is 16.1. The average Bonchev–Trinajstić information content (AvgIpc) is 2.38. The van der Waals surface area contributed by atoms with Gasteiger partial charge in [0.2, 0.25) is 0 Å². The Bertz CT molecular complexity index is 573. The van der Waals surface area contributed by atoms with Crippen LogP contribution in [0.2, 0.25) is 0 Å². The standard InChI is InChI=1S/C14H18F3NO2S/c1-21(19,20)13-8-6-12(7-9-13)18-11-4-2-10(3-5-11)14(15,16)17/h6-11,18H,2-5H2,1H3. The molecule has 0 bridgehead atoms. The highest BCUT2D eigenvalue weighted by molar-refractivity contribution is 7.90. The lowest BCUT2D eigenvalue weighted by molar-refractivity contribution is -0.182. The molecule has 2 rings (SSSR count). The van der Waals surface area contributed by atoms with Gasteiger partial charge in [-0.3, -0.25) is 0 Å². The molecule has 21 heavy (non-hydrogen) atoms. The van der Waals surface area contributed by atoms with E-state index in [9.17, 15) is 21.6 Å². The van der Waals surface area contributed by atoms with Gasteiger partial charge in [-0.15, -0.1) is 0 Å². The number of anilines is 1. The van der Waals surface area contributed by atoms with Gasteiger partial charge in [-0.1, -0.05) is 0 Å². The molecule has 0 aliphatic heterocycles. The van der Waals surface area contributed by atoms with E-state index >= 15 is 0 Å². The SMILES string of the molecule is CS(=O)(=O)c1ccc(NC2CCC(C(F)(F)F)CC2)cc1. The zero-order valence-corrected chi connectivity index (χ0v) is 12.5. The van der Waals surface area contributed by atoms with E-state index in [-0.39, 0.29) is 23.8 Å². The first-order valence-corrected chi connectivity index (χ1v) is 8.69. The molecule has 0 spiro atoms. The average molecular weight is 321 g/mol. The van der Waals surface area contributed by atoms with Gasteiger partial charge in [0.1, 0.15) is 0 Å². The lowest BCUT2D eigenvalue weighted by Crippen LogP contribution is -2.32. The minimum atomic E-state index is -4.10. The van der Waals surface area contributed by atoms with Gasteiger partial charge in [0, 0.05) is 18.0 Å². The van der Waals surface area contributed by atoms with Gasteiger partial charge in [0.15, 0.2) is 9.84 Å². The fraction of sp³-hybridized carbons (Fsp3) is 0.571. The lowest BCUT2D eigenvalue weighted by Gasteiger charge is -2.30. The number of nitrogens with one attached hydrogen (secondary N) is 1. The molecule has 3 nitrogen and oxygen atoms in total. The zero-order valence-electron chi connectivity index (χ0n) is 11.7. The van der Waals surface area contributed by atoms with E-state index in [1.54, 1.807) is 12.1 Å². The van der Waals surface area contributed by atoms with Crippen LogP contribution in [0.15, 0.2) is 29.2 Å². The van der Waals surface area contributed by atoms with Crippen molar-refractivity contribution in [1.82, 2.24) is 0 Å². The Morgan fingerprint density at radius 1 is 1.05 bits per heavy atom. The number of halogens is 3. The van der Waals surface area contributed by atoms with Crippen molar-refractivity contribution in [3.05, 3.63) is 24.3 Å². The Labute approximate surface area is 122 Å². The summed E-state index contributed by atoms with van der Waals surface area (Å²) >= 11 is 0. The summed E-state index contributed by atoms with van der Waals surface area (Å²) in [6, 6.07) is 6.30. The van der Waals surface area contributed by atoms with Crippen LogP contribution in [0.3, 0.4) is 0 Å². The molecule has 1 aromatic rings. The van der Waals surface area contributed by atoms with Crippen molar-refractivity contribution in [2.24, 2.45) is 5.92 Å². The summed E-state index contributed by atoms with van der Waals surface area (Å²) in [5.41, 5.74) is 0.734. The molecule has 118 valence electrons. The predicted octanol–water partition coefficient (Wildman–Crippen LogP) is 3.62. The number of alkyl halides is 3. The van der Waals surface area contributed by atoms with Crippen molar-refractivity contribution in [3.63, 3.8) is 0 Å². The van der Waals surface area contributed by atoms with E-state index in [0.29, 0.717) is 12.8 Å². The van der Waals surface area contributed by atoms with Crippen molar-refractivity contribution in [1.29, 1.82) is 0 Å². The molecule has 0 aromatic heterocycles. The summed E-state index contributed by atoms with van der Waals surface area (Å²) in [5, 5.41) is 3.17. The molecule has 1 N–H and O–H groups in total. The minimum absolute atomic E-state index is 0.00711. The molecule has 1 fully saturated rings. The zero-order chi connectivity index (χ0) is 15.7. The van der Waals surface area contributed by atoms with Crippen LogP contribution in [0.25, 0.3) is 0 Å². The maximum absolute atomic E-state index is 12.6. The Morgan fingerprint density at radius 2 is 1.57 bits per heavy atom. The molecule has 0 amide bonds. The van der Waals surface area contributed by atoms with Gasteiger partial charge in [-0.05, 0) is 49.9 Å². The molecule has 1 aromatic carbocycles. The third kappa shape index (κ3) is 4.36. The van der Waals surface area contributed by atoms with Gasteiger partial charge in [0.25, 0.3) is 0 Å². The van der Waals surface area contributed by atoms with E-state index in [1.165, 1.54) is 12.1 Å². The van der Waals surface area contributed by atoms with E-state index < -0.39 is 21.9 Å². The minimum Gasteiger partial charge on any atom is -0.382 e. The van der Waals surface area contributed by atoms with E-state index in [4.69, 9.17) is 0 Å². The van der Waals surface area contributed by atoms with Crippen molar-refractivity contribution in [2.75, 3.05) is 11.6 Å². The highest BCUT2D eigenvalue weighted by atomic mass is 32.2. The van der Waals surface area contributed by atoms with Gasteiger partial charge in [0.05, 0.1) is 10.8 Å². The van der Waals surface area contributed by atoms with Crippen molar-refractivity contribution in [3.8, 4) is 0 Å². The third-order valence-electron chi connectivity index (χ3n) is 3.84. The van der Waals surface area contributed by atoms with Crippen LogP contribution < -0.4 is 5.32 Å². The maximum Gasteiger partial charge on any atom is 0.391 e. The van der Waals surface area contributed by atoms with Crippen molar-refractivity contribution >= 4 is 15.5 Å². The lowest BCUT2D eigenvalue weighted by atomic mass is 9.85. The van der Waals surface area contributed by atoms with Gasteiger partial charge >= 0.3 is 6.18 Å². The number of rotatable bonds is 3. The van der Waals surface area contributed by atoms with Gasteiger partial charge < -0.3 is 5.32 Å². The largest absolute Gasteiger partial charge is 0.391 e. The second kappa shape index (κ2) is 5.87. The van der Waals surface area contributed by atoms with E-state index in [0.717, 1.165) is 11.9 Å². The Morgan fingerprint density at radius 3 is 2.00 bits per heavy atom. The second-order valence-corrected chi connectivity index (χ2v) is 7.55. The van der Waals surface area contributed by atoms with Gasteiger partial charge in [-0.25, -0.2) is 8.42 Å². The molecule has 1 aliphatic carbocycles. The normalized spacial score (nSPS) is 23.8. The van der Waals surface area contributed by atoms with Crippen molar-refractivity contribution < 1.29 is 21.6 Å². The summed E-state index contributed by atoms with van der Waals surface area (Å²) in [6.45, 7) is 0. The molecule has 0 heterocycles. The predicted molar refractivity (Wildman–Crippen MR) is 75.0 cm³/mol. The molecular formula is C14H18F3NO2S. The summed E-state index contributed by atoms with van der Waals surface area (Å²) in [5.74, 6) is -1.19. The summed E-state index contributed by atoms with van der Waals surface area (Å²) in [7, 11) is -3.23. The molecule has 7 heteroatoms. The Kier molecular flexibility index (Phi) is 4.51. The van der Waals surface area contributed by atoms with Gasteiger partial charge in [-0.2, -0.15) is 13.2 Å². The molecule has 0 radical (unpaired) electrons. The Balaban J connectivity index is 1.92. The van der Waals surface area contributed by atoms with E-state index in [1.807, 2.05) is 0 Å². The second-order valence-electron chi connectivity index (χ2n) is 5.53. The van der Waals surface area contributed by atoms with Crippen LogP contribution in [0.4, 0.5) is 18.9 Å². The molecular weight excluding hydrogens is 303 g/mol. The van der Waals surface area contributed by atoms with E-state index in [2.05, 4.69) is 5.32 Å². The van der Waals surface area contributed by atoms with Crippen LogP contribution in [0.5, 0.6) is 0 Å². The monoisotopic (exact) mass is 321 g/mol. The fourth-order valence-electron chi connectivity index (χ4n) is 2.60. The molecule has 1 aliphatic rings. The van der Waals surface area contributed by atoms with Crippen LogP contribution in [-0.2, 0) is 9.84 Å². The number of benzene rings is 1. The number of hydrogen-bond acceptors (Lipinski definition) is 3. The topological polar surface area (TPSA) is 46.2 Å². The first-order valence-electron chi connectivity index (χ1n) is 6.79. The summed E-state index contributed by atoms with van der Waals surface area (Å²) in [6.07, 6.45) is -1.74. The van der Waals surface area contributed by atoms with Crippen LogP contribution in [-0.4, -0.2) is 26.9 Å². The van der Waals surface area contributed by atoms with Crippen molar-refractivity contribution in [2.45, 2.75) is 42.8 Å². The molecule has 0 unspecified atom stereocenters. The maximum atomic E-state index is 12.6.